The molecule has 3 heterocycles. The van der Waals surface area contributed by atoms with Gasteiger partial charge in [-0.05, 0) is 29.3 Å². The molecule has 0 aliphatic carbocycles. The largest absolute Gasteiger partial charge is 0.338 e. The molecule has 9 nitrogen and oxygen atoms in total. The maximum absolute atomic E-state index is 13.4. The lowest BCUT2D eigenvalue weighted by atomic mass is 9.88. The van der Waals surface area contributed by atoms with E-state index in [-0.39, 0.29) is 12.5 Å². The molecular weight excluding hydrogens is 420 g/mol. The van der Waals surface area contributed by atoms with Crippen LogP contribution < -0.4 is 10.2 Å². The molecule has 2 aromatic carbocycles. The molecule has 1 aromatic heterocycles. The summed E-state index contributed by atoms with van der Waals surface area (Å²) in [5.74, 6) is -0.0487. The van der Waals surface area contributed by atoms with E-state index in [9.17, 15) is 14.4 Å². The molecule has 33 heavy (non-hydrogen) atoms. The van der Waals surface area contributed by atoms with E-state index >= 15 is 0 Å². The highest BCUT2D eigenvalue weighted by Crippen LogP contribution is 2.33. The first-order valence-corrected chi connectivity index (χ1v) is 10.9. The van der Waals surface area contributed by atoms with E-state index in [1.165, 1.54) is 0 Å². The van der Waals surface area contributed by atoms with Gasteiger partial charge >= 0.3 is 6.03 Å². The fourth-order valence-corrected chi connectivity index (χ4v) is 4.53. The van der Waals surface area contributed by atoms with Crippen LogP contribution in [0, 0.1) is 0 Å². The minimum absolute atomic E-state index is 0.255. The lowest BCUT2D eigenvalue weighted by Gasteiger charge is -2.35. The van der Waals surface area contributed by atoms with Gasteiger partial charge in [0.1, 0.15) is 12.1 Å². The Balaban J connectivity index is 1.29. The Labute approximate surface area is 191 Å². The third-order valence-corrected chi connectivity index (χ3v) is 6.36. The summed E-state index contributed by atoms with van der Waals surface area (Å²) in [4.78, 5) is 52.3. The van der Waals surface area contributed by atoms with Crippen molar-refractivity contribution in [3.05, 3.63) is 66.5 Å². The molecule has 0 saturated carbocycles. The van der Waals surface area contributed by atoms with Crippen LogP contribution in [0.1, 0.15) is 12.5 Å². The average molecular weight is 444 g/mol. The first-order chi connectivity index (χ1) is 16.0. The van der Waals surface area contributed by atoms with E-state index in [1.807, 2.05) is 47.4 Å². The maximum Gasteiger partial charge on any atom is 0.325 e. The molecule has 1 N–H and O–H groups in total. The number of carbonyl (C=O) groups is 3. The van der Waals surface area contributed by atoms with Crippen LogP contribution in [-0.2, 0) is 15.1 Å². The van der Waals surface area contributed by atoms with Gasteiger partial charge in [0.2, 0.25) is 11.9 Å². The van der Waals surface area contributed by atoms with Gasteiger partial charge in [0.15, 0.2) is 0 Å². The molecule has 2 saturated heterocycles. The number of fused-ring (bicyclic) bond motifs is 1. The van der Waals surface area contributed by atoms with Crippen LogP contribution in [0.3, 0.4) is 0 Å². The smallest absolute Gasteiger partial charge is 0.325 e. The van der Waals surface area contributed by atoms with Gasteiger partial charge in [0.05, 0.1) is 0 Å². The maximum atomic E-state index is 13.4. The molecule has 4 amide bonds. The summed E-state index contributed by atoms with van der Waals surface area (Å²) in [6, 6.07) is 14.6. The summed E-state index contributed by atoms with van der Waals surface area (Å²) in [5, 5.41) is 4.69. The third kappa shape index (κ3) is 3.65. The molecule has 1 atom stereocenters. The fraction of sp³-hybridized carbons (Fsp3) is 0.292. The number of amides is 4. The summed E-state index contributed by atoms with van der Waals surface area (Å²) in [6.45, 7) is 3.53. The lowest BCUT2D eigenvalue weighted by Crippen LogP contribution is -2.52. The highest BCUT2D eigenvalue weighted by molar-refractivity contribution is 6.10. The summed E-state index contributed by atoms with van der Waals surface area (Å²) < 4.78 is 0. The number of rotatable bonds is 4. The number of anilines is 1. The van der Waals surface area contributed by atoms with Gasteiger partial charge in [-0.25, -0.2) is 14.8 Å². The Morgan fingerprint density at radius 2 is 1.67 bits per heavy atom. The Morgan fingerprint density at radius 1 is 0.970 bits per heavy atom. The Morgan fingerprint density at radius 3 is 2.42 bits per heavy atom. The monoisotopic (exact) mass is 444 g/mol. The van der Waals surface area contributed by atoms with Crippen molar-refractivity contribution >= 4 is 34.6 Å². The van der Waals surface area contributed by atoms with Crippen LogP contribution in [-0.4, -0.2) is 70.3 Å². The zero-order chi connectivity index (χ0) is 23.0. The van der Waals surface area contributed by atoms with E-state index in [1.54, 1.807) is 30.3 Å². The standard InChI is InChI=1S/C24H24N6O3/c1-24(19-9-4-7-17-6-2-3-8-18(17)19)21(32)30(23(33)27-24)16-20(31)28-12-14-29(15-13-28)22-25-10-5-11-26-22/h2-11H,12-16H2,1H3,(H,27,33)/t24-/m1/s1. The van der Waals surface area contributed by atoms with Gasteiger partial charge in [-0.1, -0.05) is 42.5 Å². The topological polar surface area (TPSA) is 98.7 Å². The summed E-state index contributed by atoms with van der Waals surface area (Å²) >= 11 is 0. The van der Waals surface area contributed by atoms with Gasteiger partial charge in [-0.3, -0.25) is 14.5 Å². The van der Waals surface area contributed by atoms with Crippen LogP contribution in [0.25, 0.3) is 10.8 Å². The molecule has 168 valence electrons. The molecule has 0 spiro atoms. The Hall–Kier alpha value is -4.01. The van der Waals surface area contributed by atoms with Crippen molar-refractivity contribution < 1.29 is 14.4 Å². The van der Waals surface area contributed by atoms with Crippen LogP contribution in [0.4, 0.5) is 10.7 Å². The fourth-order valence-electron chi connectivity index (χ4n) is 4.53. The molecule has 3 aromatic rings. The second-order valence-electron chi connectivity index (χ2n) is 8.39. The first kappa shape index (κ1) is 20.9. The lowest BCUT2D eigenvalue weighted by molar-refractivity contribution is -0.139. The number of hydrogen-bond acceptors (Lipinski definition) is 6. The van der Waals surface area contributed by atoms with Crippen molar-refractivity contribution in [1.29, 1.82) is 0 Å². The molecule has 0 bridgehead atoms. The molecule has 2 fully saturated rings. The summed E-state index contributed by atoms with van der Waals surface area (Å²) in [5.41, 5.74) is -0.521. The highest BCUT2D eigenvalue weighted by Gasteiger charge is 2.50. The number of hydrogen-bond donors (Lipinski definition) is 1. The number of urea groups is 1. The number of aromatic nitrogens is 2. The number of carbonyl (C=O) groups excluding carboxylic acids is 3. The molecule has 2 aliphatic rings. The van der Waals surface area contributed by atoms with E-state index in [4.69, 9.17) is 0 Å². The zero-order valence-electron chi connectivity index (χ0n) is 18.3. The Bertz CT molecular complexity index is 1220. The van der Waals surface area contributed by atoms with Crippen molar-refractivity contribution in [2.45, 2.75) is 12.5 Å². The predicted molar refractivity (Wildman–Crippen MR) is 122 cm³/mol. The molecule has 0 radical (unpaired) electrons. The quantitative estimate of drug-likeness (QED) is 0.616. The van der Waals surface area contributed by atoms with Crippen LogP contribution >= 0.6 is 0 Å². The van der Waals surface area contributed by atoms with E-state index in [0.717, 1.165) is 15.7 Å². The molecule has 5 rings (SSSR count). The van der Waals surface area contributed by atoms with Crippen molar-refractivity contribution in [2.24, 2.45) is 0 Å². The van der Waals surface area contributed by atoms with E-state index in [2.05, 4.69) is 15.3 Å². The van der Waals surface area contributed by atoms with Crippen molar-refractivity contribution in [3.8, 4) is 0 Å². The van der Waals surface area contributed by atoms with Crippen molar-refractivity contribution in [1.82, 2.24) is 25.1 Å². The number of nitrogens with one attached hydrogen (secondary N) is 1. The van der Waals surface area contributed by atoms with Gasteiger partial charge in [-0.2, -0.15) is 0 Å². The van der Waals surface area contributed by atoms with Crippen LogP contribution in [0.15, 0.2) is 60.9 Å². The number of imide groups is 1. The second kappa shape index (κ2) is 8.16. The van der Waals surface area contributed by atoms with Gasteiger partial charge in [0.25, 0.3) is 5.91 Å². The third-order valence-electron chi connectivity index (χ3n) is 6.36. The normalized spacial score (nSPS) is 20.9. The molecule has 2 aliphatic heterocycles. The average Bonchev–Trinajstić information content (AvgIpc) is 3.08. The van der Waals surface area contributed by atoms with E-state index in [0.29, 0.717) is 37.7 Å². The van der Waals surface area contributed by atoms with Crippen molar-refractivity contribution in [2.75, 3.05) is 37.6 Å². The second-order valence-corrected chi connectivity index (χ2v) is 8.39. The van der Waals surface area contributed by atoms with E-state index < -0.39 is 17.5 Å². The number of benzene rings is 2. The van der Waals surface area contributed by atoms with Crippen molar-refractivity contribution in [3.63, 3.8) is 0 Å². The van der Waals surface area contributed by atoms with Crippen LogP contribution in [0.2, 0.25) is 0 Å². The Kier molecular flexibility index (Phi) is 5.16. The summed E-state index contributed by atoms with van der Waals surface area (Å²) in [6.07, 6.45) is 3.37. The minimum Gasteiger partial charge on any atom is -0.338 e. The number of piperazine rings is 1. The molecular formula is C24H24N6O3. The molecule has 0 unspecified atom stereocenters. The van der Waals surface area contributed by atoms with Crippen LogP contribution in [0.5, 0.6) is 0 Å². The summed E-state index contributed by atoms with van der Waals surface area (Å²) in [7, 11) is 0. The highest BCUT2D eigenvalue weighted by atomic mass is 16.2. The first-order valence-electron chi connectivity index (χ1n) is 10.9. The molecule has 9 heteroatoms. The minimum atomic E-state index is -1.23. The van der Waals surface area contributed by atoms with Gasteiger partial charge in [-0.15, -0.1) is 0 Å². The predicted octanol–water partition coefficient (Wildman–Crippen LogP) is 1.75. The zero-order valence-corrected chi connectivity index (χ0v) is 18.3. The van der Waals surface area contributed by atoms with Gasteiger partial charge in [0, 0.05) is 38.6 Å². The van der Waals surface area contributed by atoms with Gasteiger partial charge < -0.3 is 15.1 Å². The SMILES string of the molecule is C[C@]1(c2cccc3ccccc23)NC(=O)N(CC(=O)N2CCN(c3ncccn3)CC2)C1=O. The number of nitrogens with zero attached hydrogens (tertiary/aromatic N) is 5.